The van der Waals surface area contributed by atoms with E-state index in [-0.39, 0.29) is 11.5 Å². The normalized spacial score (nSPS) is 12.5. The van der Waals surface area contributed by atoms with Crippen LogP contribution in [-0.2, 0) is 0 Å². The molecule has 0 unspecified atom stereocenters. The van der Waals surface area contributed by atoms with Crippen molar-refractivity contribution < 1.29 is 5.03 Å². The Morgan fingerprint density at radius 2 is 2.00 bits per heavy atom. The van der Waals surface area contributed by atoms with Crippen molar-refractivity contribution in [3.63, 3.8) is 0 Å². The third-order valence-corrected chi connectivity index (χ3v) is 0.914. The molecule has 12 heavy (non-hydrogen) atoms. The predicted octanol–water partition coefficient (Wildman–Crippen LogP) is 0.142. The lowest BCUT2D eigenvalue weighted by atomic mass is 10.1. The van der Waals surface area contributed by atoms with Crippen molar-refractivity contribution in [3.8, 4) is 0 Å². The molecule has 6 nitrogen and oxygen atoms in total. The summed E-state index contributed by atoms with van der Waals surface area (Å²) >= 11 is 0. The summed E-state index contributed by atoms with van der Waals surface area (Å²) in [6.07, 6.45) is 0. The largest absolute Gasteiger partial charge is 0.347 e. The fourth-order valence-corrected chi connectivity index (χ4v) is 0.576. The van der Waals surface area contributed by atoms with Gasteiger partial charge in [-0.3, -0.25) is 4.99 Å². The smallest absolute Gasteiger partial charge is 0.254 e. The summed E-state index contributed by atoms with van der Waals surface area (Å²) in [6.45, 7) is 5.67. The summed E-state index contributed by atoms with van der Waals surface area (Å²) in [5.74, 6) is 0.160. The maximum Gasteiger partial charge on any atom is 0.254 e. The number of aliphatic imine (C=N–C) groups is 1. The van der Waals surface area contributed by atoms with Crippen molar-refractivity contribution in [2.24, 2.45) is 4.99 Å². The molecular weight excluding hydrogens is 160 g/mol. The Hall–Kier alpha value is -1.33. The monoisotopic (exact) mass is 174 g/mol. The number of hydrazine groups is 1. The van der Waals surface area contributed by atoms with Gasteiger partial charge in [-0.25, -0.2) is 10.1 Å². The Morgan fingerprint density at radius 3 is 2.25 bits per heavy atom. The minimum atomic E-state index is -0.652. The molecule has 0 spiro atoms. The number of nitrogens with one attached hydrogen (secondary N) is 2. The van der Waals surface area contributed by atoms with Gasteiger partial charge in [-0.2, -0.15) is 0 Å². The van der Waals surface area contributed by atoms with Crippen LogP contribution >= 0.6 is 0 Å². The average Bonchev–Trinajstić information content (AvgIpc) is 1.82. The molecule has 0 amide bonds. The summed E-state index contributed by atoms with van der Waals surface area (Å²) in [6, 6.07) is 0. The minimum absolute atomic E-state index is 0.160. The third-order valence-electron chi connectivity index (χ3n) is 0.914. The van der Waals surface area contributed by atoms with Crippen LogP contribution in [0.1, 0.15) is 20.8 Å². The molecule has 0 aliphatic heterocycles. The Labute approximate surface area is 71.2 Å². The molecule has 0 fully saturated rings. The van der Waals surface area contributed by atoms with Crippen LogP contribution < -0.4 is 10.7 Å². The van der Waals surface area contributed by atoms with Crippen LogP contribution in [0.2, 0.25) is 0 Å². The van der Waals surface area contributed by atoms with Gasteiger partial charge in [0.1, 0.15) is 0 Å². The van der Waals surface area contributed by atoms with Gasteiger partial charge in [0.05, 0.1) is 0 Å². The highest BCUT2D eigenvalue weighted by Crippen LogP contribution is 1.97. The Morgan fingerprint density at radius 1 is 1.50 bits per heavy atom. The molecule has 0 aromatic carbocycles. The van der Waals surface area contributed by atoms with Crippen molar-refractivity contribution in [1.82, 2.24) is 10.7 Å². The van der Waals surface area contributed by atoms with Crippen LogP contribution in [0.5, 0.6) is 0 Å². The van der Waals surface area contributed by atoms with Crippen molar-refractivity contribution in [3.05, 3.63) is 10.1 Å². The van der Waals surface area contributed by atoms with Crippen LogP contribution in [0.15, 0.2) is 4.99 Å². The molecule has 0 rings (SSSR count). The molecule has 0 aromatic heterocycles. The van der Waals surface area contributed by atoms with E-state index >= 15 is 0 Å². The van der Waals surface area contributed by atoms with E-state index < -0.39 is 5.03 Å². The Bertz CT molecular complexity index is 194. The highest BCUT2D eigenvalue weighted by atomic mass is 16.7. The SMILES string of the molecule is CN=C(N[N+](=O)[O-])NC(C)(C)C. The number of hydrogen-bond acceptors (Lipinski definition) is 3. The second kappa shape index (κ2) is 3.89. The lowest BCUT2D eigenvalue weighted by Gasteiger charge is -2.20. The molecule has 0 heterocycles. The summed E-state index contributed by atoms with van der Waals surface area (Å²) in [5, 5.41) is 12.2. The van der Waals surface area contributed by atoms with E-state index in [1.54, 1.807) is 0 Å². The molecule has 70 valence electrons. The zero-order valence-corrected chi connectivity index (χ0v) is 7.71. The number of nitro groups is 1. The summed E-state index contributed by atoms with van der Waals surface area (Å²) in [4.78, 5) is 13.7. The lowest BCUT2D eigenvalue weighted by Crippen LogP contribution is -2.49. The average molecular weight is 174 g/mol. The molecule has 0 aliphatic carbocycles. The van der Waals surface area contributed by atoms with Crippen LogP contribution in [0, 0.1) is 10.1 Å². The van der Waals surface area contributed by atoms with Gasteiger partial charge in [0.15, 0.2) is 5.03 Å². The third kappa shape index (κ3) is 5.45. The topological polar surface area (TPSA) is 79.6 Å². The summed E-state index contributed by atoms with van der Waals surface area (Å²) in [5.41, 5.74) is 1.71. The lowest BCUT2D eigenvalue weighted by molar-refractivity contribution is -0.525. The first-order valence-electron chi connectivity index (χ1n) is 3.51. The number of guanidine groups is 1. The van der Waals surface area contributed by atoms with Gasteiger partial charge in [-0.15, -0.1) is 0 Å². The maximum absolute atomic E-state index is 10.0. The van der Waals surface area contributed by atoms with Gasteiger partial charge in [-0.1, -0.05) is 5.43 Å². The van der Waals surface area contributed by atoms with Gasteiger partial charge in [0.2, 0.25) is 0 Å². The number of rotatable bonds is 1. The van der Waals surface area contributed by atoms with E-state index in [9.17, 15) is 10.1 Å². The maximum atomic E-state index is 10.0. The van der Waals surface area contributed by atoms with E-state index in [0.29, 0.717) is 0 Å². The van der Waals surface area contributed by atoms with Gasteiger partial charge in [-0.05, 0) is 20.8 Å². The second-order valence-corrected chi connectivity index (χ2v) is 3.32. The van der Waals surface area contributed by atoms with Crippen molar-refractivity contribution in [1.29, 1.82) is 0 Å². The molecule has 0 aliphatic rings. The molecule has 6 heteroatoms. The highest BCUT2D eigenvalue weighted by Gasteiger charge is 2.14. The Balaban J connectivity index is 4.12. The van der Waals surface area contributed by atoms with E-state index in [2.05, 4.69) is 10.3 Å². The van der Waals surface area contributed by atoms with Crippen molar-refractivity contribution >= 4 is 5.96 Å². The molecule has 0 atom stereocenters. The molecule has 0 aromatic rings. The number of hydrogen-bond donors (Lipinski definition) is 2. The zero-order chi connectivity index (χ0) is 9.78. The Kier molecular flexibility index (Phi) is 3.46. The first-order valence-corrected chi connectivity index (χ1v) is 3.51. The molecule has 0 saturated carbocycles. The van der Waals surface area contributed by atoms with E-state index in [1.807, 2.05) is 26.2 Å². The summed E-state index contributed by atoms with van der Waals surface area (Å²) < 4.78 is 0. The van der Waals surface area contributed by atoms with Crippen LogP contribution in [-0.4, -0.2) is 23.6 Å². The second-order valence-electron chi connectivity index (χ2n) is 3.32. The minimum Gasteiger partial charge on any atom is -0.347 e. The van der Waals surface area contributed by atoms with Gasteiger partial charge < -0.3 is 5.32 Å². The van der Waals surface area contributed by atoms with Gasteiger partial charge >= 0.3 is 0 Å². The van der Waals surface area contributed by atoms with Crippen molar-refractivity contribution in [2.45, 2.75) is 26.3 Å². The quantitative estimate of drug-likeness (QED) is 0.256. The zero-order valence-electron chi connectivity index (χ0n) is 7.71. The molecule has 0 radical (unpaired) electrons. The van der Waals surface area contributed by atoms with Crippen LogP contribution in [0.25, 0.3) is 0 Å². The van der Waals surface area contributed by atoms with Gasteiger partial charge in [0.25, 0.3) is 5.96 Å². The molecular formula is C6H14N4O2. The molecule has 2 N–H and O–H groups in total. The molecule has 0 bridgehead atoms. The fourth-order valence-electron chi connectivity index (χ4n) is 0.576. The highest BCUT2D eigenvalue weighted by molar-refractivity contribution is 5.79. The number of nitrogens with zero attached hydrogens (tertiary/aromatic N) is 2. The van der Waals surface area contributed by atoms with Crippen LogP contribution in [0.4, 0.5) is 0 Å². The molecule has 0 saturated heterocycles. The van der Waals surface area contributed by atoms with Crippen molar-refractivity contribution in [2.75, 3.05) is 7.05 Å². The van der Waals surface area contributed by atoms with Crippen LogP contribution in [0.3, 0.4) is 0 Å². The first kappa shape index (κ1) is 10.7. The first-order chi connectivity index (χ1) is 5.35. The standard InChI is InChI=1S/C6H14N4O2/c1-6(2,3)8-5(7-4)9-10(11)12/h1-4H3,(H2,7,8,9). The van der Waals surface area contributed by atoms with E-state index in [1.165, 1.54) is 7.05 Å². The van der Waals surface area contributed by atoms with E-state index in [0.717, 1.165) is 0 Å². The van der Waals surface area contributed by atoms with E-state index in [4.69, 9.17) is 0 Å². The summed E-state index contributed by atoms with van der Waals surface area (Å²) in [7, 11) is 1.48. The van der Waals surface area contributed by atoms with Gasteiger partial charge in [0, 0.05) is 12.6 Å². The fraction of sp³-hybridized carbons (Fsp3) is 0.833. The predicted molar refractivity (Wildman–Crippen MR) is 46.4 cm³/mol.